The lowest BCUT2D eigenvalue weighted by atomic mass is 9.91. The Morgan fingerprint density at radius 1 is 1.41 bits per heavy atom. The van der Waals surface area contributed by atoms with Gasteiger partial charge in [-0.15, -0.1) is 0 Å². The number of methoxy groups -OCH3 is 1. The summed E-state index contributed by atoms with van der Waals surface area (Å²) in [6, 6.07) is 0. The van der Waals surface area contributed by atoms with E-state index < -0.39 is 0 Å². The molecule has 0 aromatic carbocycles. The zero-order valence-corrected chi connectivity index (χ0v) is 14.9. The second kappa shape index (κ2) is 6.12. The zero-order chi connectivity index (χ0) is 15.7. The monoisotopic (exact) mass is 367 g/mol. The molecule has 0 spiro atoms. The molecule has 0 N–H and O–H groups in total. The number of anilines is 1. The molecule has 2 aromatic heterocycles. The van der Waals surface area contributed by atoms with Gasteiger partial charge in [-0.2, -0.15) is 5.10 Å². The van der Waals surface area contributed by atoms with E-state index in [1.54, 1.807) is 18.1 Å². The van der Waals surface area contributed by atoms with Gasteiger partial charge >= 0.3 is 0 Å². The van der Waals surface area contributed by atoms with Gasteiger partial charge in [0.25, 0.3) is 0 Å². The third-order valence-corrected chi connectivity index (χ3v) is 5.09. The third kappa shape index (κ3) is 2.40. The van der Waals surface area contributed by atoms with E-state index in [1.165, 1.54) is 0 Å². The van der Waals surface area contributed by atoms with Crippen LogP contribution >= 0.6 is 15.9 Å². The van der Waals surface area contributed by atoms with Crippen molar-refractivity contribution in [3.63, 3.8) is 0 Å². The van der Waals surface area contributed by atoms with Crippen molar-refractivity contribution in [2.45, 2.75) is 38.1 Å². The second-order valence-electron chi connectivity index (χ2n) is 5.97. The van der Waals surface area contributed by atoms with Crippen molar-refractivity contribution in [1.82, 2.24) is 19.7 Å². The molecule has 6 nitrogen and oxygen atoms in total. The Labute approximate surface area is 139 Å². The van der Waals surface area contributed by atoms with Gasteiger partial charge in [0.15, 0.2) is 5.65 Å². The molecular weight excluding hydrogens is 346 g/mol. The minimum atomic E-state index is 0.0278. The van der Waals surface area contributed by atoms with E-state index in [0.29, 0.717) is 0 Å². The summed E-state index contributed by atoms with van der Waals surface area (Å²) in [6.45, 7) is 3.95. The van der Waals surface area contributed by atoms with Crippen molar-refractivity contribution in [3.05, 3.63) is 10.9 Å². The molecule has 1 saturated heterocycles. The highest BCUT2D eigenvalue weighted by Crippen LogP contribution is 2.40. The first-order valence-electron chi connectivity index (χ1n) is 7.73. The molecule has 1 aliphatic rings. The third-order valence-electron chi connectivity index (χ3n) is 4.54. The summed E-state index contributed by atoms with van der Waals surface area (Å²) in [5.74, 6) is 0.966. The summed E-state index contributed by atoms with van der Waals surface area (Å²) < 4.78 is 8.15. The van der Waals surface area contributed by atoms with Gasteiger partial charge in [0.1, 0.15) is 16.7 Å². The van der Waals surface area contributed by atoms with Gasteiger partial charge in [0, 0.05) is 20.7 Å². The normalized spacial score (nSPS) is 21.9. The van der Waals surface area contributed by atoms with Crippen LogP contribution in [-0.2, 0) is 11.8 Å². The van der Waals surface area contributed by atoms with Crippen LogP contribution in [0.15, 0.2) is 10.9 Å². The van der Waals surface area contributed by atoms with Crippen LogP contribution in [0, 0.1) is 0 Å². The molecule has 0 bridgehead atoms. The maximum atomic E-state index is 5.56. The van der Waals surface area contributed by atoms with Crippen LogP contribution in [0.5, 0.6) is 0 Å². The quantitative estimate of drug-likeness (QED) is 0.812. The molecule has 120 valence electrons. The van der Waals surface area contributed by atoms with Crippen LogP contribution in [0.3, 0.4) is 0 Å². The van der Waals surface area contributed by atoms with Crippen molar-refractivity contribution in [1.29, 1.82) is 0 Å². The highest BCUT2D eigenvalue weighted by molar-refractivity contribution is 9.10. The maximum Gasteiger partial charge on any atom is 0.164 e. The molecule has 1 atom stereocenters. The number of aryl methyl sites for hydroxylation is 1. The molecule has 22 heavy (non-hydrogen) atoms. The van der Waals surface area contributed by atoms with E-state index in [2.05, 4.69) is 42.8 Å². The first-order chi connectivity index (χ1) is 10.6. The smallest absolute Gasteiger partial charge is 0.164 e. The topological polar surface area (TPSA) is 56.1 Å². The number of hydrogen-bond acceptors (Lipinski definition) is 5. The van der Waals surface area contributed by atoms with Gasteiger partial charge in [-0.05, 0) is 35.2 Å². The summed E-state index contributed by atoms with van der Waals surface area (Å²) >= 11 is 3.56. The molecule has 7 heteroatoms. The Kier molecular flexibility index (Phi) is 4.36. The van der Waals surface area contributed by atoms with Gasteiger partial charge in [-0.1, -0.05) is 13.3 Å². The summed E-state index contributed by atoms with van der Waals surface area (Å²) in [5, 5.41) is 5.42. The summed E-state index contributed by atoms with van der Waals surface area (Å²) in [4.78, 5) is 11.4. The molecular formula is C15H22BrN5O. The second-order valence-corrected chi connectivity index (χ2v) is 6.72. The minimum absolute atomic E-state index is 0.0278. The zero-order valence-electron chi connectivity index (χ0n) is 13.3. The Balaban J connectivity index is 2.13. The van der Waals surface area contributed by atoms with Crippen LogP contribution in [0.1, 0.15) is 32.6 Å². The van der Waals surface area contributed by atoms with Crippen LogP contribution in [0.4, 0.5) is 5.82 Å². The fourth-order valence-electron chi connectivity index (χ4n) is 3.72. The molecule has 0 saturated carbocycles. The highest BCUT2D eigenvalue weighted by Gasteiger charge is 2.42. The van der Waals surface area contributed by atoms with Gasteiger partial charge in [-0.3, -0.25) is 0 Å². The van der Waals surface area contributed by atoms with Gasteiger partial charge in [0.05, 0.1) is 17.5 Å². The standard InChI is InChI=1S/C15H22BrN5O/c1-4-6-15(9-22-3)7-5-8-21(15)14-11-12(16)19-20(2)13(11)17-10-18-14/h10H,4-9H2,1-3H3/t15-/m0/s1. The van der Waals surface area contributed by atoms with E-state index in [1.807, 2.05) is 7.05 Å². The van der Waals surface area contributed by atoms with E-state index in [9.17, 15) is 0 Å². The lowest BCUT2D eigenvalue weighted by Crippen LogP contribution is -2.48. The van der Waals surface area contributed by atoms with E-state index in [-0.39, 0.29) is 5.54 Å². The van der Waals surface area contributed by atoms with Crippen molar-refractivity contribution < 1.29 is 4.74 Å². The number of rotatable bonds is 5. The minimum Gasteiger partial charge on any atom is -0.382 e. The number of halogens is 1. The summed E-state index contributed by atoms with van der Waals surface area (Å²) in [5.41, 5.74) is 0.881. The maximum absolute atomic E-state index is 5.56. The molecule has 2 aromatic rings. The first-order valence-corrected chi connectivity index (χ1v) is 8.52. The fraction of sp³-hybridized carbons (Fsp3) is 0.667. The van der Waals surface area contributed by atoms with Crippen LogP contribution in [0.25, 0.3) is 11.0 Å². The van der Waals surface area contributed by atoms with E-state index in [4.69, 9.17) is 4.74 Å². The summed E-state index contributed by atoms with van der Waals surface area (Å²) in [7, 11) is 3.69. The molecule has 0 aliphatic carbocycles. The van der Waals surface area contributed by atoms with Gasteiger partial charge < -0.3 is 9.64 Å². The number of fused-ring (bicyclic) bond motifs is 1. The number of hydrogen-bond donors (Lipinski definition) is 0. The molecule has 0 unspecified atom stereocenters. The van der Waals surface area contributed by atoms with Crippen molar-refractivity contribution in [2.24, 2.45) is 7.05 Å². The van der Waals surface area contributed by atoms with Crippen molar-refractivity contribution in [3.8, 4) is 0 Å². The average Bonchev–Trinajstić information content (AvgIpc) is 3.02. The Hall–Kier alpha value is -1.21. The lowest BCUT2D eigenvalue weighted by Gasteiger charge is -2.39. The van der Waals surface area contributed by atoms with Crippen molar-refractivity contribution >= 4 is 32.8 Å². The molecule has 1 aliphatic heterocycles. The Morgan fingerprint density at radius 2 is 2.23 bits per heavy atom. The van der Waals surface area contributed by atoms with Crippen LogP contribution in [-0.4, -0.2) is 45.5 Å². The van der Waals surface area contributed by atoms with Crippen molar-refractivity contribution in [2.75, 3.05) is 25.2 Å². The number of aromatic nitrogens is 4. The van der Waals surface area contributed by atoms with Gasteiger partial charge in [0.2, 0.25) is 0 Å². The predicted molar refractivity (Wildman–Crippen MR) is 90.1 cm³/mol. The number of ether oxygens (including phenoxy) is 1. The first kappa shape index (κ1) is 15.7. The Morgan fingerprint density at radius 3 is 2.95 bits per heavy atom. The molecule has 3 rings (SSSR count). The Bertz CT molecular complexity index is 665. The van der Waals surface area contributed by atoms with Crippen LogP contribution < -0.4 is 4.90 Å². The van der Waals surface area contributed by atoms with Crippen LogP contribution in [0.2, 0.25) is 0 Å². The number of nitrogens with zero attached hydrogens (tertiary/aromatic N) is 5. The average molecular weight is 368 g/mol. The SMILES string of the molecule is CCC[C@@]1(COC)CCCN1c1ncnc2c1c(Br)nn2C. The van der Waals surface area contributed by atoms with E-state index in [0.717, 1.165) is 60.3 Å². The molecule has 0 amide bonds. The molecule has 3 heterocycles. The molecule has 1 fully saturated rings. The highest BCUT2D eigenvalue weighted by atomic mass is 79.9. The predicted octanol–water partition coefficient (Wildman–Crippen LogP) is 2.91. The van der Waals surface area contributed by atoms with E-state index >= 15 is 0 Å². The van der Waals surface area contributed by atoms with Gasteiger partial charge in [-0.25, -0.2) is 14.6 Å². The fourth-order valence-corrected chi connectivity index (χ4v) is 4.31. The lowest BCUT2D eigenvalue weighted by molar-refractivity contribution is 0.127. The molecule has 0 radical (unpaired) electrons. The summed E-state index contributed by atoms with van der Waals surface area (Å²) in [6.07, 6.45) is 6.16. The largest absolute Gasteiger partial charge is 0.382 e.